The van der Waals surface area contributed by atoms with Crippen LogP contribution in [0.1, 0.15) is 32.6 Å². The topological polar surface area (TPSA) is 69.6 Å². The molecule has 1 unspecified atom stereocenters. The van der Waals surface area contributed by atoms with Crippen LogP contribution in [0.3, 0.4) is 0 Å². The standard InChI is InChI=1S/C12H19F3N2O3/c1-2-9(7-10(18)19)16-11(20)17-5-3-8(4-6-17)12(13,14)15/h8-9H,2-7H2,1H3,(H,16,20)(H,18,19). The van der Waals surface area contributed by atoms with Crippen molar-refractivity contribution in [1.82, 2.24) is 10.2 Å². The molecule has 2 N–H and O–H groups in total. The quantitative estimate of drug-likeness (QED) is 0.835. The molecule has 1 aliphatic rings. The van der Waals surface area contributed by atoms with Crippen LogP contribution in [0.2, 0.25) is 0 Å². The SMILES string of the molecule is CCC(CC(=O)O)NC(=O)N1CCC(C(F)(F)F)CC1. The summed E-state index contributed by atoms with van der Waals surface area (Å²) in [5, 5.41) is 11.2. The lowest BCUT2D eigenvalue weighted by Crippen LogP contribution is -2.49. The average Bonchev–Trinajstić information content (AvgIpc) is 2.36. The predicted octanol–water partition coefficient (Wildman–Crippen LogP) is 2.22. The van der Waals surface area contributed by atoms with Crippen LogP contribution in [0, 0.1) is 5.92 Å². The Morgan fingerprint density at radius 2 is 1.90 bits per heavy atom. The third kappa shape index (κ3) is 4.90. The minimum Gasteiger partial charge on any atom is -0.481 e. The Labute approximate surface area is 115 Å². The summed E-state index contributed by atoms with van der Waals surface area (Å²) in [6, 6.07) is -0.987. The maximum atomic E-state index is 12.5. The molecule has 116 valence electrons. The van der Waals surface area contributed by atoms with Gasteiger partial charge in [0.1, 0.15) is 0 Å². The number of hydrogen-bond donors (Lipinski definition) is 2. The Bertz CT molecular complexity index is 352. The van der Waals surface area contributed by atoms with Gasteiger partial charge in [-0.15, -0.1) is 0 Å². The first-order chi connectivity index (χ1) is 9.24. The van der Waals surface area contributed by atoms with E-state index in [2.05, 4.69) is 5.32 Å². The molecule has 1 saturated heterocycles. The number of carbonyl (C=O) groups is 2. The number of aliphatic carboxylic acids is 1. The molecule has 0 aliphatic carbocycles. The van der Waals surface area contributed by atoms with E-state index in [-0.39, 0.29) is 32.4 Å². The summed E-state index contributed by atoms with van der Waals surface area (Å²) in [5.41, 5.74) is 0. The fraction of sp³-hybridized carbons (Fsp3) is 0.833. The molecular formula is C12H19F3N2O3. The third-order valence-corrected chi connectivity index (χ3v) is 3.49. The van der Waals surface area contributed by atoms with Crippen LogP contribution in [0.25, 0.3) is 0 Å². The lowest BCUT2D eigenvalue weighted by molar-refractivity contribution is -0.183. The Hall–Kier alpha value is -1.47. The summed E-state index contributed by atoms with van der Waals surface area (Å²) in [7, 11) is 0. The molecule has 5 nitrogen and oxygen atoms in total. The summed E-state index contributed by atoms with van der Waals surface area (Å²) < 4.78 is 37.5. The van der Waals surface area contributed by atoms with Gasteiger partial charge in [0.2, 0.25) is 0 Å². The van der Waals surface area contributed by atoms with E-state index in [0.717, 1.165) is 0 Å². The number of nitrogens with one attached hydrogen (secondary N) is 1. The van der Waals surface area contributed by atoms with E-state index < -0.39 is 30.1 Å². The van der Waals surface area contributed by atoms with E-state index in [4.69, 9.17) is 5.11 Å². The number of likely N-dealkylation sites (tertiary alicyclic amines) is 1. The molecule has 0 aromatic heterocycles. The van der Waals surface area contributed by atoms with Crippen molar-refractivity contribution in [2.45, 2.75) is 44.8 Å². The highest BCUT2D eigenvalue weighted by atomic mass is 19.4. The second kappa shape index (κ2) is 6.81. The highest BCUT2D eigenvalue weighted by Gasteiger charge is 2.41. The van der Waals surface area contributed by atoms with E-state index in [1.54, 1.807) is 6.92 Å². The smallest absolute Gasteiger partial charge is 0.391 e. The van der Waals surface area contributed by atoms with Crippen LogP contribution >= 0.6 is 0 Å². The molecule has 0 aromatic rings. The van der Waals surface area contributed by atoms with Gasteiger partial charge in [0, 0.05) is 19.1 Å². The van der Waals surface area contributed by atoms with Gasteiger partial charge < -0.3 is 15.3 Å². The Morgan fingerprint density at radius 1 is 1.35 bits per heavy atom. The van der Waals surface area contributed by atoms with Crippen molar-refractivity contribution in [3.05, 3.63) is 0 Å². The molecule has 2 amide bonds. The molecule has 1 heterocycles. The first-order valence-corrected chi connectivity index (χ1v) is 6.58. The molecule has 1 rings (SSSR count). The summed E-state index contributed by atoms with van der Waals surface area (Å²) in [4.78, 5) is 23.7. The molecule has 0 aromatic carbocycles. The zero-order valence-electron chi connectivity index (χ0n) is 11.2. The number of piperidine rings is 1. The maximum Gasteiger partial charge on any atom is 0.391 e. The first kappa shape index (κ1) is 16.6. The van der Waals surface area contributed by atoms with Gasteiger partial charge in [-0.1, -0.05) is 6.92 Å². The summed E-state index contributed by atoms with van der Waals surface area (Å²) in [6.07, 6.45) is -4.16. The monoisotopic (exact) mass is 296 g/mol. The Morgan fingerprint density at radius 3 is 2.30 bits per heavy atom. The molecule has 0 bridgehead atoms. The minimum absolute atomic E-state index is 0.0412. The number of carboxylic acids is 1. The number of nitrogens with zero attached hydrogens (tertiary/aromatic N) is 1. The van der Waals surface area contributed by atoms with Crippen LogP contribution in [0.15, 0.2) is 0 Å². The molecule has 1 aliphatic heterocycles. The van der Waals surface area contributed by atoms with E-state index >= 15 is 0 Å². The number of carboxylic acid groups (broad SMARTS) is 1. The van der Waals surface area contributed by atoms with E-state index in [1.165, 1.54) is 4.90 Å². The number of amides is 2. The Balaban J connectivity index is 2.44. The summed E-state index contributed by atoms with van der Waals surface area (Å²) >= 11 is 0. The number of rotatable bonds is 4. The summed E-state index contributed by atoms with van der Waals surface area (Å²) in [6.45, 7) is 1.82. The van der Waals surface area contributed by atoms with E-state index in [9.17, 15) is 22.8 Å². The highest BCUT2D eigenvalue weighted by Crippen LogP contribution is 2.34. The second-order valence-corrected chi connectivity index (χ2v) is 4.96. The molecule has 0 saturated carbocycles. The van der Waals surface area contributed by atoms with Gasteiger partial charge in [-0.3, -0.25) is 4.79 Å². The van der Waals surface area contributed by atoms with Gasteiger partial charge in [-0.05, 0) is 19.3 Å². The van der Waals surface area contributed by atoms with Crippen molar-refractivity contribution in [1.29, 1.82) is 0 Å². The molecule has 0 radical (unpaired) electrons. The zero-order valence-corrected chi connectivity index (χ0v) is 11.2. The number of alkyl halides is 3. The van der Waals surface area contributed by atoms with Crippen LogP contribution in [0.4, 0.5) is 18.0 Å². The average molecular weight is 296 g/mol. The van der Waals surface area contributed by atoms with Crippen LogP contribution < -0.4 is 5.32 Å². The molecule has 1 fully saturated rings. The van der Waals surface area contributed by atoms with Gasteiger partial charge in [0.05, 0.1) is 12.3 Å². The van der Waals surface area contributed by atoms with Crippen LogP contribution in [-0.2, 0) is 4.79 Å². The van der Waals surface area contributed by atoms with Gasteiger partial charge in [0.15, 0.2) is 0 Å². The van der Waals surface area contributed by atoms with Crippen molar-refractivity contribution in [3.8, 4) is 0 Å². The highest BCUT2D eigenvalue weighted by molar-refractivity contribution is 5.76. The van der Waals surface area contributed by atoms with E-state index in [1.807, 2.05) is 0 Å². The lowest BCUT2D eigenvalue weighted by atomic mass is 9.96. The van der Waals surface area contributed by atoms with Crippen LogP contribution in [-0.4, -0.2) is 47.3 Å². The van der Waals surface area contributed by atoms with Gasteiger partial charge in [0.25, 0.3) is 0 Å². The molecule has 20 heavy (non-hydrogen) atoms. The first-order valence-electron chi connectivity index (χ1n) is 6.58. The van der Waals surface area contributed by atoms with Crippen molar-refractivity contribution in [3.63, 3.8) is 0 Å². The fourth-order valence-electron chi connectivity index (χ4n) is 2.18. The summed E-state index contributed by atoms with van der Waals surface area (Å²) in [5.74, 6) is -2.37. The number of halogens is 3. The minimum atomic E-state index is -4.21. The third-order valence-electron chi connectivity index (χ3n) is 3.49. The largest absolute Gasteiger partial charge is 0.481 e. The molecular weight excluding hydrogens is 277 g/mol. The van der Waals surface area contributed by atoms with Gasteiger partial charge in [-0.2, -0.15) is 13.2 Å². The fourth-order valence-corrected chi connectivity index (χ4v) is 2.18. The van der Waals surface area contributed by atoms with Gasteiger partial charge >= 0.3 is 18.2 Å². The molecule has 8 heteroatoms. The van der Waals surface area contributed by atoms with Gasteiger partial charge in [-0.25, -0.2) is 4.79 Å². The number of carbonyl (C=O) groups excluding carboxylic acids is 1. The predicted molar refractivity (Wildman–Crippen MR) is 65.2 cm³/mol. The Kier molecular flexibility index (Phi) is 5.64. The molecule has 0 spiro atoms. The van der Waals surface area contributed by atoms with Crippen molar-refractivity contribution in [2.75, 3.05) is 13.1 Å². The number of hydrogen-bond acceptors (Lipinski definition) is 2. The van der Waals surface area contributed by atoms with Crippen LogP contribution in [0.5, 0.6) is 0 Å². The number of urea groups is 1. The van der Waals surface area contributed by atoms with Crippen molar-refractivity contribution < 1.29 is 27.9 Å². The zero-order chi connectivity index (χ0) is 15.3. The molecule has 1 atom stereocenters. The van der Waals surface area contributed by atoms with Crippen molar-refractivity contribution in [2.24, 2.45) is 5.92 Å². The maximum absolute atomic E-state index is 12.5. The van der Waals surface area contributed by atoms with E-state index in [0.29, 0.717) is 6.42 Å². The second-order valence-electron chi connectivity index (χ2n) is 4.96. The normalized spacial score (nSPS) is 18.7. The van der Waals surface area contributed by atoms with Crippen molar-refractivity contribution >= 4 is 12.0 Å². The lowest BCUT2D eigenvalue weighted by Gasteiger charge is -2.33.